The second-order valence-corrected chi connectivity index (χ2v) is 6.27. The van der Waals surface area contributed by atoms with E-state index in [1.807, 2.05) is 6.07 Å². The number of piperidine rings is 1. The van der Waals surface area contributed by atoms with Gasteiger partial charge in [0.05, 0.1) is 7.11 Å². The average molecular weight is 290 g/mol. The van der Waals surface area contributed by atoms with Crippen LogP contribution in [0.3, 0.4) is 0 Å². The van der Waals surface area contributed by atoms with Gasteiger partial charge in [-0.25, -0.2) is 0 Å². The SMILES string of the molecule is CCCNC(CN1CCC(C)CC1)c1cccc(OC)c1. The topological polar surface area (TPSA) is 24.5 Å². The molecule has 118 valence electrons. The van der Waals surface area contributed by atoms with E-state index in [-0.39, 0.29) is 0 Å². The highest BCUT2D eigenvalue weighted by Gasteiger charge is 2.20. The van der Waals surface area contributed by atoms with Crippen molar-refractivity contribution in [3.8, 4) is 5.75 Å². The number of methoxy groups -OCH3 is 1. The van der Waals surface area contributed by atoms with Crippen LogP contribution in [-0.4, -0.2) is 38.2 Å². The van der Waals surface area contributed by atoms with Crippen LogP contribution in [0.25, 0.3) is 0 Å². The largest absolute Gasteiger partial charge is 0.497 e. The van der Waals surface area contributed by atoms with Gasteiger partial charge in [0.1, 0.15) is 5.75 Å². The van der Waals surface area contributed by atoms with Crippen LogP contribution < -0.4 is 10.1 Å². The summed E-state index contributed by atoms with van der Waals surface area (Å²) in [7, 11) is 1.74. The smallest absolute Gasteiger partial charge is 0.119 e. The number of ether oxygens (including phenoxy) is 1. The molecule has 3 heteroatoms. The van der Waals surface area contributed by atoms with Crippen molar-refractivity contribution in [2.45, 2.75) is 39.2 Å². The molecule has 1 aliphatic rings. The van der Waals surface area contributed by atoms with E-state index < -0.39 is 0 Å². The normalized spacial score (nSPS) is 18.6. The van der Waals surface area contributed by atoms with Crippen molar-refractivity contribution >= 4 is 0 Å². The number of benzene rings is 1. The number of hydrogen-bond acceptors (Lipinski definition) is 3. The third-order valence-corrected chi connectivity index (χ3v) is 4.45. The van der Waals surface area contributed by atoms with Crippen LogP contribution in [0.2, 0.25) is 0 Å². The number of hydrogen-bond donors (Lipinski definition) is 1. The molecule has 1 heterocycles. The first kappa shape index (κ1) is 16.3. The molecule has 21 heavy (non-hydrogen) atoms. The van der Waals surface area contributed by atoms with Crippen molar-refractivity contribution in [1.82, 2.24) is 10.2 Å². The van der Waals surface area contributed by atoms with Crippen LogP contribution in [0.1, 0.15) is 44.7 Å². The first-order valence-corrected chi connectivity index (χ1v) is 8.32. The summed E-state index contributed by atoms with van der Waals surface area (Å²) in [5.41, 5.74) is 1.33. The summed E-state index contributed by atoms with van der Waals surface area (Å²) in [5.74, 6) is 1.84. The number of rotatable bonds is 7. The van der Waals surface area contributed by atoms with Gasteiger partial charge in [-0.05, 0) is 62.5 Å². The van der Waals surface area contributed by atoms with Gasteiger partial charge in [0.2, 0.25) is 0 Å². The van der Waals surface area contributed by atoms with Crippen molar-refractivity contribution in [3.05, 3.63) is 29.8 Å². The molecule has 2 rings (SSSR count). The maximum atomic E-state index is 5.37. The maximum absolute atomic E-state index is 5.37. The van der Waals surface area contributed by atoms with Gasteiger partial charge >= 0.3 is 0 Å². The minimum atomic E-state index is 0.397. The van der Waals surface area contributed by atoms with Crippen LogP contribution in [-0.2, 0) is 0 Å². The molecule has 3 nitrogen and oxygen atoms in total. The van der Waals surface area contributed by atoms with Crippen LogP contribution in [0.15, 0.2) is 24.3 Å². The standard InChI is InChI=1S/C18H30N2O/c1-4-10-19-18(14-20-11-8-15(2)9-12-20)16-6-5-7-17(13-16)21-3/h5-7,13,15,18-19H,4,8-12,14H2,1-3H3. The minimum absolute atomic E-state index is 0.397. The lowest BCUT2D eigenvalue weighted by Gasteiger charge is -2.33. The molecule has 1 unspecified atom stereocenters. The Bertz CT molecular complexity index is 413. The van der Waals surface area contributed by atoms with Crippen molar-refractivity contribution in [1.29, 1.82) is 0 Å². The van der Waals surface area contributed by atoms with Crippen LogP contribution in [0, 0.1) is 5.92 Å². The quantitative estimate of drug-likeness (QED) is 0.832. The summed E-state index contributed by atoms with van der Waals surface area (Å²) in [6.45, 7) is 9.21. The molecule has 1 N–H and O–H groups in total. The van der Waals surface area contributed by atoms with Gasteiger partial charge in [0.15, 0.2) is 0 Å². The summed E-state index contributed by atoms with van der Waals surface area (Å²) in [4.78, 5) is 2.60. The monoisotopic (exact) mass is 290 g/mol. The van der Waals surface area contributed by atoms with Crippen LogP contribution in [0.4, 0.5) is 0 Å². The van der Waals surface area contributed by atoms with Gasteiger partial charge in [-0.2, -0.15) is 0 Å². The van der Waals surface area contributed by atoms with Crippen molar-refractivity contribution < 1.29 is 4.74 Å². The lowest BCUT2D eigenvalue weighted by molar-refractivity contribution is 0.175. The average Bonchev–Trinajstić information content (AvgIpc) is 2.53. The zero-order chi connectivity index (χ0) is 15.1. The maximum Gasteiger partial charge on any atom is 0.119 e. The molecular weight excluding hydrogens is 260 g/mol. The van der Waals surface area contributed by atoms with E-state index in [0.717, 1.165) is 31.2 Å². The zero-order valence-electron chi connectivity index (χ0n) is 13.8. The van der Waals surface area contributed by atoms with Gasteiger partial charge in [-0.15, -0.1) is 0 Å². The second-order valence-electron chi connectivity index (χ2n) is 6.27. The Balaban J connectivity index is 2.02. The molecule has 0 bridgehead atoms. The molecule has 1 aromatic rings. The Morgan fingerprint density at radius 1 is 1.33 bits per heavy atom. The zero-order valence-corrected chi connectivity index (χ0v) is 13.8. The molecule has 1 fully saturated rings. The van der Waals surface area contributed by atoms with E-state index in [1.54, 1.807) is 7.11 Å². The predicted octanol–water partition coefficient (Wildman–Crippen LogP) is 3.47. The van der Waals surface area contributed by atoms with Gasteiger partial charge < -0.3 is 15.0 Å². The summed E-state index contributed by atoms with van der Waals surface area (Å²) >= 11 is 0. The van der Waals surface area contributed by atoms with Gasteiger partial charge in [0, 0.05) is 12.6 Å². The molecule has 0 amide bonds. The van der Waals surface area contributed by atoms with E-state index in [1.165, 1.54) is 31.5 Å². The number of nitrogens with one attached hydrogen (secondary N) is 1. The fourth-order valence-electron chi connectivity index (χ4n) is 2.97. The first-order valence-electron chi connectivity index (χ1n) is 8.32. The first-order chi connectivity index (χ1) is 10.2. The molecule has 1 aromatic carbocycles. The van der Waals surface area contributed by atoms with E-state index >= 15 is 0 Å². The van der Waals surface area contributed by atoms with Crippen molar-refractivity contribution in [2.75, 3.05) is 33.3 Å². The number of nitrogens with zero attached hydrogens (tertiary/aromatic N) is 1. The Morgan fingerprint density at radius 2 is 2.10 bits per heavy atom. The summed E-state index contributed by atoms with van der Waals surface area (Å²) < 4.78 is 5.37. The van der Waals surface area contributed by atoms with Crippen LogP contribution in [0.5, 0.6) is 5.75 Å². The third kappa shape index (κ3) is 5.01. The lowest BCUT2D eigenvalue weighted by atomic mass is 9.98. The lowest BCUT2D eigenvalue weighted by Crippen LogP contribution is -2.39. The summed E-state index contributed by atoms with van der Waals surface area (Å²) in [6, 6.07) is 8.88. The molecule has 0 radical (unpaired) electrons. The molecule has 1 aliphatic heterocycles. The van der Waals surface area contributed by atoms with Gasteiger partial charge in [0.25, 0.3) is 0 Å². The molecule has 0 aromatic heterocycles. The Kier molecular flexibility index (Phi) is 6.52. The van der Waals surface area contributed by atoms with E-state index in [2.05, 4.69) is 42.3 Å². The van der Waals surface area contributed by atoms with Gasteiger partial charge in [-0.1, -0.05) is 26.0 Å². The highest BCUT2D eigenvalue weighted by molar-refractivity contribution is 5.30. The Labute approximate surface area is 129 Å². The molecule has 0 aliphatic carbocycles. The highest BCUT2D eigenvalue weighted by Crippen LogP contribution is 2.23. The molecule has 1 saturated heterocycles. The summed E-state index contributed by atoms with van der Waals surface area (Å²) in [5, 5.41) is 3.70. The molecule has 0 spiro atoms. The second kappa shape index (κ2) is 8.40. The molecular formula is C18H30N2O. The Hall–Kier alpha value is -1.06. The fourth-order valence-corrected chi connectivity index (χ4v) is 2.97. The Morgan fingerprint density at radius 3 is 2.76 bits per heavy atom. The van der Waals surface area contributed by atoms with Crippen molar-refractivity contribution in [2.24, 2.45) is 5.92 Å². The summed E-state index contributed by atoms with van der Waals surface area (Å²) in [6.07, 6.45) is 3.83. The van der Waals surface area contributed by atoms with Crippen molar-refractivity contribution in [3.63, 3.8) is 0 Å². The van der Waals surface area contributed by atoms with E-state index in [9.17, 15) is 0 Å². The fraction of sp³-hybridized carbons (Fsp3) is 0.667. The minimum Gasteiger partial charge on any atom is -0.497 e. The number of likely N-dealkylation sites (tertiary alicyclic amines) is 1. The van der Waals surface area contributed by atoms with Crippen LogP contribution >= 0.6 is 0 Å². The third-order valence-electron chi connectivity index (χ3n) is 4.45. The molecule has 1 atom stereocenters. The highest BCUT2D eigenvalue weighted by atomic mass is 16.5. The van der Waals surface area contributed by atoms with Gasteiger partial charge in [-0.3, -0.25) is 0 Å². The predicted molar refractivity (Wildman–Crippen MR) is 88.9 cm³/mol. The molecule has 0 saturated carbocycles. The van der Waals surface area contributed by atoms with E-state index in [0.29, 0.717) is 6.04 Å². The van der Waals surface area contributed by atoms with E-state index in [4.69, 9.17) is 4.74 Å².